The molecule has 4 heterocycles. The van der Waals surface area contributed by atoms with Crippen molar-refractivity contribution in [2.75, 3.05) is 0 Å². The summed E-state index contributed by atoms with van der Waals surface area (Å²) < 4.78 is 18.9. The Labute approximate surface area is 235 Å². The van der Waals surface area contributed by atoms with Crippen LogP contribution in [0.25, 0.3) is 44.6 Å². The molecule has 0 amide bonds. The van der Waals surface area contributed by atoms with Crippen molar-refractivity contribution >= 4 is 32.7 Å². The van der Waals surface area contributed by atoms with Gasteiger partial charge in [0, 0.05) is 64.9 Å². The first kappa shape index (κ1) is 24.9. The fourth-order valence-electron chi connectivity index (χ4n) is 5.61. The van der Waals surface area contributed by atoms with Crippen molar-refractivity contribution in [2.24, 2.45) is 14.1 Å². The van der Waals surface area contributed by atoms with E-state index < -0.39 is 10.8 Å². The Morgan fingerprint density at radius 3 is 2.50 bits per heavy atom. The van der Waals surface area contributed by atoms with E-state index in [9.17, 15) is 4.21 Å². The van der Waals surface area contributed by atoms with Crippen LogP contribution in [0.3, 0.4) is 0 Å². The van der Waals surface area contributed by atoms with Crippen molar-refractivity contribution in [3.8, 4) is 22.6 Å². The molecule has 1 unspecified atom stereocenters. The number of imidazole rings is 1. The monoisotopic (exact) mass is 549 g/mol. The Bertz CT molecular complexity index is 1910. The Balaban J connectivity index is 1.36. The lowest BCUT2D eigenvalue weighted by Crippen LogP contribution is -2.05. The standard InChI is InChI=1S/C31H31N7OS/c1-19(2)27-24(15-21-16-36(3)35-30(21)32-27)31-33-28(29(37(31)4)20-13-14-20)23-11-8-12-26-25(23)17-38(34-26)18-40(39)22-9-6-5-7-10-22/h5-12,15-17,19-20H,13-14,18H2,1-4H3. The Kier molecular flexibility index (Phi) is 5.92. The van der Waals surface area contributed by atoms with Crippen LogP contribution in [-0.2, 0) is 30.8 Å². The molecule has 8 nitrogen and oxygen atoms in total. The van der Waals surface area contributed by atoms with Gasteiger partial charge in [-0.1, -0.05) is 44.2 Å². The van der Waals surface area contributed by atoms with E-state index in [1.54, 1.807) is 4.68 Å². The van der Waals surface area contributed by atoms with Gasteiger partial charge in [-0.2, -0.15) is 10.2 Å². The van der Waals surface area contributed by atoms with Crippen molar-refractivity contribution in [3.05, 3.63) is 78.4 Å². The number of hydrogen-bond donors (Lipinski definition) is 0. The highest BCUT2D eigenvalue weighted by atomic mass is 32.2. The highest BCUT2D eigenvalue weighted by molar-refractivity contribution is 7.84. The van der Waals surface area contributed by atoms with Gasteiger partial charge in [-0.3, -0.25) is 13.6 Å². The maximum absolute atomic E-state index is 13.0. The lowest BCUT2D eigenvalue weighted by Gasteiger charge is -2.12. The SMILES string of the molecule is CC(C)c1nc2nn(C)cc2cc1-c1nc(-c2cccc3nn(CS(=O)c4ccccc4)cc23)c(C2CC2)n1C. The van der Waals surface area contributed by atoms with Gasteiger partial charge in [-0.15, -0.1) is 0 Å². The Morgan fingerprint density at radius 2 is 1.75 bits per heavy atom. The van der Waals surface area contributed by atoms with Gasteiger partial charge in [-0.25, -0.2) is 9.97 Å². The summed E-state index contributed by atoms with van der Waals surface area (Å²) in [5.41, 5.74) is 6.99. The lowest BCUT2D eigenvalue weighted by molar-refractivity contribution is 0.661. The van der Waals surface area contributed by atoms with Gasteiger partial charge in [-0.05, 0) is 43.0 Å². The third-order valence-corrected chi connectivity index (χ3v) is 8.94. The second-order valence-electron chi connectivity index (χ2n) is 11.0. The number of aryl methyl sites for hydroxylation is 1. The predicted molar refractivity (Wildman–Crippen MR) is 158 cm³/mol. The first-order chi connectivity index (χ1) is 19.4. The minimum Gasteiger partial charge on any atom is -0.330 e. The average Bonchev–Trinajstić information content (AvgIpc) is 3.44. The molecule has 2 aromatic carbocycles. The van der Waals surface area contributed by atoms with E-state index in [0.29, 0.717) is 11.8 Å². The van der Waals surface area contributed by atoms with Crippen LogP contribution in [-0.4, -0.2) is 38.3 Å². The van der Waals surface area contributed by atoms with E-state index in [1.165, 1.54) is 5.69 Å². The second-order valence-corrected chi connectivity index (χ2v) is 12.4. The van der Waals surface area contributed by atoms with Gasteiger partial charge >= 0.3 is 0 Å². The van der Waals surface area contributed by atoms with Gasteiger partial charge in [0.05, 0.1) is 27.7 Å². The van der Waals surface area contributed by atoms with Crippen LogP contribution in [0.15, 0.2) is 71.9 Å². The highest BCUT2D eigenvalue weighted by Gasteiger charge is 2.33. The van der Waals surface area contributed by atoms with Crippen LogP contribution in [0.5, 0.6) is 0 Å². The van der Waals surface area contributed by atoms with E-state index >= 15 is 0 Å². The van der Waals surface area contributed by atoms with Gasteiger partial charge in [0.1, 0.15) is 11.7 Å². The summed E-state index contributed by atoms with van der Waals surface area (Å²) in [6.45, 7) is 4.33. The second kappa shape index (κ2) is 9.52. The topological polar surface area (TPSA) is 83.4 Å². The molecule has 1 atom stereocenters. The van der Waals surface area contributed by atoms with Gasteiger partial charge < -0.3 is 4.57 Å². The Hall–Kier alpha value is -4.11. The summed E-state index contributed by atoms with van der Waals surface area (Å²) in [6, 6.07) is 17.9. The van der Waals surface area contributed by atoms with Crippen LogP contribution >= 0.6 is 0 Å². The van der Waals surface area contributed by atoms with Crippen LogP contribution in [0.4, 0.5) is 0 Å². The molecule has 7 rings (SSSR count). The quantitative estimate of drug-likeness (QED) is 0.238. The van der Waals surface area contributed by atoms with E-state index in [1.807, 2.05) is 66.6 Å². The molecule has 0 N–H and O–H groups in total. The number of benzene rings is 2. The first-order valence-corrected chi connectivity index (χ1v) is 15.0. The van der Waals surface area contributed by atoms with Crippen molar-refractivity contribution in [1.29, 1.82) is 0 Å². The third kappa shape index (κ3) is 4.25. The number of rotatable bonds is 7. The van der Waals surface area contributed by atoms with Crippen molar-refractivity contribution in [3.63, 3.8) is 0 Å². The molecule has 0 aliphatic heterocycles. The maximum atomic E-state index is 13.0. The van der Waals surface area contributed by atoms with Gasteiger partial charge in [0.2, 0.25) is 0 Å². The number of pyridine rings is 1. The highest BCUT2D eigenvalue weighted by Crippen LogP contribution is 2.47. The first-order valence-electron chi connectivity index (χ1n) is 13.7. The number of aromatic nitrogens is 7. The molecular formula is C31H31N7OS. The number of hydrogen-bond acceptors (Lipinski definition) is 5. The summed E-state index contributed by atoms with van der Waals surface area (Å²) in [5, 5.41) is 11.4. The van der Waals surface area contributed by atoms with Crippen molar-refractivity contribution in [1.82, 2.24) is 34.1 Å². The lowest BCUT2D eigenvalue weighted by atomic mass is 10.0. The molecule has 6 aromatic rings. The van der Waals surface area contributed by atoms with Crippen molar-refractivity contribution < 1.29 is 4.21 Å². The molecule has 1 aliphatic carbocycles. The zero-order valence-corrected chi connectivity index (χ0v) is 23.9. The van der Waals surface area contributed by atoms with Crippen LogP contribution in [0.2, 0.25) is 0 Å². The normalized spacial score (nSPS) is 14.5. The van der Waals surface area contributed by atoms with Gasteiger partial charge in [0.25, 0.3) is 0 Å². The zero-order valence-electron chi connectivity index (χ0n) is 23.1. The molecule has 1 aliphatic rings. The number of fused-ring (bicyclic) bond motifs is 2. The smallest absolute Gasteiger partial charge is 0.181 e. The summed E-state index contributed by atoms with van der Waals surface area (Å²) in [7, 11) is 2.87. The molecular weight excluding hydrogens is 518 g/mol. The summed E-state index contributed by atoms with van der Waals surface area (Å²) in [4.78, 5) is 11.1. The summed E-state index contributed by atoms with van der Waals surface area (Å²) in [6.07, 6.45) is 6.35. The minimum absolute atomic E-state index is 0.220. The molecule has 4 aromatic heterocycles. The molecule has 0 bridgehead atoms. The predicted octanol–water partition coefficient (Wildman–Crippen LogP) is 6.15. The van der Waals surface area contributed by atoms with E-state index in [4.69, 9.17) is 15.1 Å². The van der Waals surface area contributed by atoms with E-state index in [-0.39, 0.29) is 5.92 Å². The molecule has 202 valence electrons. The van der Waals surface area contributed by atoms with Crippen molar-refractivity contribution in [2.45, 2.75) is 49.3 Å². The van der Waals surface area contributed by atoms with Gasteiger partial charge in [0.15, 0.2) is 5.65 Å². The summed E-state index contributed by atoms with van der Waals surface area (Å²) in [5.74, 6) is 1.93. The molecule has 1 fully saturated rings. The average molecular weight is 550 g/mol. The molecule has 0 radical (unpaired) electrons. The molecule has 0 saturated heterocycles. The maximum Gasteiger partial charge on any atom is 0.181 e. The number of nitrogens with zero attached hydrogens (tertiary/aromatic N) is 7. The fraction of sp³-hybridized carbons (Fsp3) is 0.290. The largest absolute Gasteiger partial charge is 0.330 e. The van der Waals surface area contributed by atoms with E-state index in [0.717, 1.165) is 68.0 Å². The van der Waals surface area contributed by atoms with E-state index in [2.05, 4.69) is 42.7 Å². The molecule has 9 heteroatoms. The summed E-state index contributed by atoms with van der Waals surface area (Å²) >= 11 is 0. The molecule has 0 spiro atoms. The molecule has 1 saturated carbocycles. The molecule has 40 heavy (non-hydrogen) atoms. The van der Waals surface area contributed by atoms with Crippen LogP contribution in [0.1, 0.15) is 49.9 Å². The third-order valence-electron chi connectivity index (χ3n) is 7.64. The Morgan fingerprint density at radius 1 is 0.950 bits per heavy atom. The minimum atomic E-state index is -1.19. The zero-order chi connectivity index (χ0) is 27.5. The fourth-order valence-corrected chi connectivity index (χ4v) is 6.59. The van der Waals surface area contributed by atoms with Crippen LogP contribution < -0.4 is 0 Å². The van der Waals surface area contributed by atoms with Crippen LogP contribution in [0, 0.1) is 0 Å².